The maximum Gasteiger partial charge on any atom is 0.238 e. The number of methoxy groups -OCH3 is 2. The van der Waals surface area contributed by atoms with Crippen molar-refractivity contribution in [3.8, 4) is 22.1 Å². The van der Waals surface area contributed by atoms with Crippen LogP contribution in [-0.2, 0) is 11.3 Å². The van der Waals surface area contributed by atoms with Crippen molar-refractivity contribution < 1.29 is 14.3 Å². The van der Waals surface area contributed by atoms with Gasteiger partial charge in [-0.2, -0.15) is 0 Å². The average Bonchev–Trinajstić information content (AvgIpc) is 3.22. The monoisotopic (exact) mass is 411 g/mol. The lowest BCUT2D eigenvalue weighted by Gasteiger charge is -2.19. The Morgan fingerprint density at radius 2 is 1.97 bits per heavy atom. The van der Waals surface area contributed by atoms with Gasteiger partial charge >= 0.3 is 0 Å². The highest BCUT2D eigenvalue weighted by Crippen LogP contribution is 2.27. The van der Waals surface area contributed by atoms with Crippen molar-refractivity contribution in [3.05, 3.63) is 59.6 Å². The summed E-state index contributed by atoms with van der Waals surface area (Å²) in [6.45, 7) is 3.66. The molecule has 0 aliphatic heterocycles. The standard InChI is InChI=1S/C22H25N3O3S/c1-4-25(14-21(26)24-19-10-5-6-11-20(19)28-3)13-17-15-29-22(23-17)16-8-7-9-18(12-16)27-2/h5-12,15H,4,13-14H2,1-3H3,(H,24,26). The molecule has 0 saturated carbocycles. The molecule has 0 aliphatic rings. The molecule has 1 amide bonds. The molecule has 3 aromatic rings. The van der Waals surface area contributed by atoms with Gasteiger partial charge in [0.2, 0.25) is 5.91 Å². The summed E-state index contributed by atoms with van der Waals surface area (Å²) in [5, 5.41) is 5.89. The van der Waals surface area contributed by atoms with Crippen LogP contribution in [-0.4, -0.2) is 43.1 Å². The number of thiazole rings is 1. The number of hydrogen-bond donors (Lipinski definition) is 1. The number of ether oxygens (including phenoxy) is 2. The van der Waals surface area contributed by atoms with Crippen LogP contribution in [0.15, 0.2) is 53.9 Å². The van der Waals surface area contributed by atoms with Gasteiger partial charge in [-0.25, -0.2) is 4.98 Å². The number of para-hydroxylation sites is 2. The minimum atomic E-state index is -0.0837. The molecular formula is C22H25N3O3S. The van der Waals surface area contributed by atoms with E-state index in [2.05, 4.69) is 10.2 Å². The number of anilines is 1. The van der Waals surface area contributed by atoms with E-state index < -0.39 is 0 Å². The third-order valence-corrected chi connectivity index (χ3v) is 5.39. The smallest absolute Gasteiger partial charge is 0.238 e. The van der Waals surface area contributed by atoms with Gasteiger partial charge in [0.05, 0.1) is 32.1 Å². The number of nitrogens with one attached hydrogen (secondary N) is 1. The molecule has 0 fully saturated rings. The number of amides is 1. The largest absolute Gasteiger partial charge is 0.497 e. The minimum absolute atomic E-state index is 0.0837. The lowest BCUT2D eigenvalue weighted by molar-refractivity contribution is -0.117. The fourth-order valence-corrected chi connectivity index (χ4v) is 3.73. The zero-order chi connectivity index (χ0) is 20.6. The van der Waals surface area contributed by atoms with E-state index in [9.17, 15) is 4.79 Å². The van der Waals surface area contributed by atoms with Gasteiger partial charge in [-0.1, -0.05) is 31.2 Å². The molecule has 3 rings (SSSR count). The Kier molecular flexibility index (Phi) is 7.21. The SMILES string of the molecule is CCN(CC(=O)Nc1ccccc1OC)Cc1csc(-c2cccc(OC)c2)n1. The van der Waals surface area contributed by atoms with Crippen LogP contribution in [0, 0.1) is 0 Å². The van der Waals surface area contributed by atoms with Gasteiger partial charge < -0.3 is 14.8 Å². The van der Waals surface area contributed by atoms with E-state index in [4.69, 9.17) is 14.5 Å². The first-order valence-corrected chi connectivity index (χ1v) is 10.2. The number of carbonyl (C=O) groups is 1. The Balaban J connectivity index is 1.62. The lowest BCUT2D eigenvalue weighted by atomic mass is 10.2. The number of rotatable bonds is 9. The van der Waals surface area contributed by atoms with Crippen LogP contribution in [0.5, 0.6) is 11.5 Å². The van der Waals surface area contributed by atoms with Gasteiger partial charge in [0, 0.05) is 17.5 Å². The third-order valence-electron chi connectivity index (χ3n) is 4.45. The second-order valence-electron chi connectivity index (χ2n) is 6.43. The Morgan fingerprint density at radius 3 is 2.72 bits per heavy atom. The quantitative estimate of drug-likeness (QED) is 0.569. The summed E-state index contributed by atoms with van der Waals surface area (Å²) >= 11 is 1.59. The number of benzene rings is 2. The Labute approximate surface area is 175 Å². The molecule has 2 aromatic carbocycles. The van der Waals surface area contributed by atoms with E-state index in [0.29, 0.717) is 18.0 Å². The van der Waals surface area contributed by atoms with Crippen molar-refractivity contribution in [3.63, 3.8) is 0 Å². The van der Waals surface area contributed by atoms with Crippen LogP contribution >= 0.6 is 11.3 Å². The highest BCUT2D eigenvalue weighted by Gasteiger charge is 2.14. The van der Waals surface area contributed by atoms with Gasteiger partial charge in [-0.3, -0.25) is 9.69 Å². The average molecular weight is 412 g/mol. The second kappa shape index (κ2) is 10.0. The summed E-state index contributed by atoms with van der Waals surface area (Å²) in [5.41, 5.74) is 2.64. The first-order valence-electron chi connectivity index (χ1n) is 9.37. The van der Waals surface area contributed by atoms with E-state index >= 15 is 0 Å². The molecule has 0 saturated heterocycles. The summed E-state index contributed by atoms with van der Waals surface area (Å²) < 4.78 is 10.6. The van der Waals surface area contributed by atoms with Crippen molar-refractivity contribution in [2.45, 2.75) is 13.5 Å². The molecule has 1 aromatic heterocycles. The van der Waals surface area contributed by atoms with Gasteiger partial charge in [0.15, 0.2) is 0 Å². The van der Waals surface area contributed by atoms with Crippen LogP contribution in [0.25, 0.3) is 10.6 Å². The molecule has 1 N–H and O–H groups in total. The summed E-state index contributed by atoms with van der Waals surface area (Å²) in [7, 11) is 3.24. The molecular weight excluding hydrogens is 386 g/mol. The topological polar surface area (TPSA) is 63.7 Å². The van der Waals surface area contributed by atoms with Crippen molar-refractivity contribution in [1.82, 2.24) is 9.88 Å². The second-order valence-corrected chi connectivity index (χ2v) is 7.29. The van der Waals surface area contributed by atoms with E-state index in [1.807, 2.05) is 60.8 Å². The van der Waals surface area contributed by atoms with E-state index in [1.54, 1.807) is 25.6 Å². The van der Waals surface area contributed by atoms with Crippen LogP contribution < -0.4 is 14.8 Å². The molecule has 0 radical (unpaired) electrons. The summed E-state index contributed by atoms with van der Waals surface area (Å²) in [6, 6.07) is 15.2. The summed E-state index contributed by atoms with van der Waals surface area (Å²) in [5.74, 6) is 1.37. The first kappa shape index (κ1) is 20.8. The highest BCUT2D eigenvalue weighted by molar-refractivity contribution is 7.13. The molecule has 152 valence electrons. The van der Waals surface area contributed by atoms with Crippen LogP contribution in [0.2, 0.25) is 0 Å². The molecule has 0 atom stereocenters. The van der Waals surface area contributed by atoms with Crippen molar-refractivity contribution >= 4 is 22.9 Å². The van der Waals surface area contributed by atoms with E-state index in [1.165, 1.54) is 0 Å². The van der Waals surface area contributed by atoms with Crippen LogP contribution in [0.1, 0.15) is 12.6 Å². The fourth-order valence-electron chi connectivity index (χ4n) is 2.92. The van der Waals surface area contributed by atoms with Crippen molar-refractivity contribution in [2.24, 2.45) is 0 Å². The van der Waals surface area contributed by atoms with Gasteiger partial charge in [-0.05, 0) is 30.8 Å². The van der Waals surface area contributed by atoms with Gasteiger partial charge in [0.1, 0.15) is 16.5 Å². The minimum Gasteiger partial charge on any atom is -0.497 e. The Morgan fingerprint density at radius 1 is 1.14 bits per heavy atom. The van der Waals surface area contributed by atoms with Crippen LogP contribution in [0.3, 0.4) is 0 Å². The Hall–Kier alpha value is -2.90. The van der Waals surface area contributed by atoms with Crippen molar-refractivity contribution in [2.75, 3.05) is 32.6 Å². The maximum atomic E-state index is 12.5. The van der Waals surface area contributed by atoms with E-state index in [0.717, 1.165) is 28.6 Å². The number of nitrogens with zero attached hydrogens (tertiary/aromatic N) is 2. The van der Waals surface area contributed by atoms with E-state index in [-0.39, 0.29) is 12.5 Å². The summed E-state index contributed by atoms with van der Waals surface area (Å²) in [4.78, 5) is 19.3. The number of hydrogen-bond acceptors (Lipinski definition) is 6. The van der Waals surface area contributed by atoms with Gasteiger partial charge in [0.25, 0.3) is 0 Å². The molecule has 29 heavy (non-hydrogen) atoms. The van der Waals surface area contributed by atoms with Crippen molar-refractivity contribution in [1.29, 1.82) is 0 Å². The number of aromatic nitrogens is 1. The summed E-state index contributed by atoms with van der Waals surface area (Å²) in [6.07, 6.45) is 0. The maximum absolute atomic E-state index is 12.5. The zero-order valence-electron chi connectivity index (χ0n) is 16.8. The lowest BCUT2D eigenvalue weighted by Crippen LogP contribution is -2.32. The zero-order valence-corrected chi connectivity index (χ0v) is 17.7. The molecule has 0 spiro atoms. The fraction of sp³-hybridized carbons (Fsp3) is 0.273. The highest BCUT2D eigenvalue weighted by atomic mass is 32.1. The first-order chi connectivity index (χ1) is 14.1. The normalized spacial score (nSPS) is 10.8. The molecule has 0 aliphatic carbocycles. The Bertz CT molecular complexity index is 958. The van der Waals surface area contributed by atoms with Gasteiger partial charge in [-0.15, -0.1) is 11.3 Å². The molecule has 1 heterocycles. The molecule has 0 bridgehead atoms. The number of carbonyl (C=O) groups excluding carboxylic acids is 1. The number of likely N-dealkylation sites (N-methyl/N-ethyl adjacent to an activating group) is 1. The predicted molar refractivity (Wildman–Crippen MR) is 117 cm³/mol. The van der Waals surface area contributed by atoms with Crippen LogP contribution in [0.4, 0.5) is 5.69 Å². The molecule has 7 heteroatoms. The molecule has 0 unspecified atom stereocenters. The predicted octanol–water partition coefficient (Wildman–Crippen LogP) is 4.29. The molecule has 6 nitrogen and oxygen atoms in total. The third kappa shape index (κ3) is 5.56.